The smallest absolute Gasteiger partial charge is 0.289 e. The van der Waals surface area contributed by atoms with Gasteiger partial charge in [-0.3, -0.25) is 4.79 Å². The lowest BCUT2D eigenvalue weighted by Crippen LogP contribution is -2.58. The number of hydrogen-bond acceptors (Lipinski definition) is 5. The van der Waals surface area contributed by atoms with E-state index in [1.54, 1.807) is 12.1 Å². The number of nitrogen functional groups attached to an aromatic ring is 1. The van der Waals surface area contributed by atoms with Crippen molar-refractivity contribution in [3.05, 3.63) is 53.6 Å². The molecule has 0 saturated carbocycles. The second-order valence-electron chi connectivity index (χ2n) is 8.38. The number of aryl methyl sites for hydroxylation is 1. The van der Waals surface area contributed by atoms with Crippen LogP contribution in [0, 0.1) is 6.92 Å². The van der Waals surface area contributed by atoms with E-state index in [9.17, 15) is 13.6 Å². The number of alkyl halides is 2. The number of ether oxygens (including phenoxy) is 1. The van der Waals surface area contributed by atoms with Crippen LogP contribution in [0.2, 0.25) is 0 Å². The third kappa shape index (κ3) is 3.35. The molecule has 1 unspecified atom stereocenters. The minimum Gasteiger partial charge on any atom is -0.382 e. The molecule has 5 rings (SSSR count). The van der Waals surface area contributed by atoms with Crippen molar-refractivity contribution >= 4 is 28.8 Å². The van der Waals surface area contributed by atoms with Crippen LogP contribution in [0.25, 0.3) is 22.0 Å². The summed E-state index contributed by atoms with van der Waals surface area (Å²) in [6.07, 6.45) is 0.496. The van der Waals surface area contributed by atoms with Crippen molar-refractivity contribution in [1.29, 1.82) is 0 Å². The number of halogens is 2. The predicted molar refractivity (Wildman–Crippen MR) is 120 cm³/mol. The molecule has 6 nitrogen and oxygen atoms in total. The fourth-order valence-electron chi connectivity index (χ4n) is 4.76. The molecule has 32 heavy (non-hydrogen) atoms. The summed E-state index contributed by atoms with van der Waals surface area (Å²) < 4.78 is 34.4. The van der Waals surface area contributed by atoms with Crippen molar-refractivity contribution in [1.82, 2.24) is 9.88 Å². The molecule has 0 spiro atoms. The molecule has 1 aromatic heterocycles. The molecule has 3 aromatic rings. The third-order valence-corrected chi connectivity index (χ3v) is 6.32. The second-order valence-corrected chi connectivity index (χ2v) is 8.38. The van der Waals surface area contributed by atoms with Gasteiger partial charge >= 0.3 is 0 Å². The van der Waals surface area contributed by atoms with Crippen molar-refractivity contribution in [3.8, 4) is 11.1 Å². The fraction of sp³-hybridized carbons (Fsp3) is 0.333. The van der Waals surface area contributed by atoms with E-state index in [1.165, 1.54) is 0 Å². The number of carbonyl (C=O) groups is 1. The molecule has 1 amide bonds. The molecule has 0 bridgehead atoms. The molecule has 2 aliphatic rings. The highest BCUT2D eigenvalue weighted by molar-refractivity contribution is 5.91. The summed E-state index contributed by atoms with van der Waals surface area (Å²) in [5, 5.41) is 0.875. The minimum atomic E-state index is -2.96. The first-order valence-electron chi connectivity index (χ1n) is 10.6. The quantitative estimate of drug-likeness (QED) is 0.628. The van der Waals surface area contributed by atoms with Crippen molar-refractivity contribution in [2.45, 2.75) is 18.9 Å². The van der Waals surface area contributed by atoms with Crippen molar-refractivity contribution < 1.29 is 18.3 Å². The van der Waals surface area contributed by atoms with Gasteiger partial charge in [0.25, 0.3) is 5.92 Å². The molecule has 2 fully saturated rings. The second kappa shape index (κ2) is 7.70. The number of nitrogens with two attached hydrogens (primary N) is 1. The highest BCUT2D eigenvalue weighted by atomic mass is 19.3. The van der Waals surface area contributed by atoms with E-state index < -0.39 is 18.5 Å². The van der Waals surface area contributed by atoms with Crippen LogP contribution < -0.4 is 10.6 Å². The summed E-state index contributed by atoms with van der Waals surface area (Å²) in [6.45, 7) is 4.07. The van der Waals surface area contributed by atoms with E-state index >= 15 is 0 Å². The summed E-state index contributed by atoms with van der Waals surface area (Å²) in [5.41, 5.74) is 10.6. The SMILES string of the molecule is Cc1cccc(C2N(C=O)CC2(F)F)c1-c1ccc2nc(N)c(N3CCOCC3)cc2c1. The Balaban J connectivity index is 1.62. The lowest BCUT2D eigenvalue weighted by molar-refractivity contribution is -0.186. The first-order chi connectivity index (χ1) is 15.4. The van der Waals surface area contributed by atoms with E-state index in [1.807, 2.05) is 37.3 Å². The van der Waals surface area contributed by atoms with Crippen LogP contribution in [0.3, 0.4) is 0 Å². The third-order valence-electron chi connectivity index (χ3n) is 6.32. The van der Waals surface area contributed by atoms with Gasteiger partial charge in [-0.1, -0.05) is 24.3 Å². The molecule has 1 atom stereocenters. The number of aromatic nitrogens is 1. The fourth-order valence-corrected chi connectivity index (χ4v) is 4.76. The minimum absolute atomic E-state index is 0.449. The standard InChI is InChI=1S/C24H24F2N4O2/c1-15-3-2-4-18(22-24(25,26)13-30(22)14-31)21(15)16-5-6-19-17(11-16)12-20(23(27)28-19)29-7-9-32-10-8-29/h2-6,11-12,14,22H,7-10,13H2,1H3,(H2,27,28). The molecule has 2 N–H and O–H groups in total. The summed E-state index contributed by atoms with van der Waals surface area (Å²) in [5.74, 6) is -2.50. The maximum atomic E-state index is 14.5. The molecule has 0 aliphatic carbocycles. The zero-order chi connectivity index (χ0) is 22.5. The van der Waals surface area contributed by atoms with Crippen molar-refractivity contribution in [2.75, 3.05) is 43.5 Å². The van der Waals surface area contributed by atoms with Gasteiger partial charge in [0.15, 0.2) is 0 Å². The van der Waals surface area contributed by atoms with Crippen LogP contribution in [0.15, 0.2) is 42.5 Å². The number of amides is 1. The van der Waals surface area contributed by atoms with Crippen LogP contribution in [-0.2, 0) is 9.53 Å². The molecular weight excluding hydrogens is 414 g/mol. The zero-order valence-corrected chi connectivity index (χ0v) is 17.7. The van der Waals surface area contributed by atoms with Gasteiger partial charge in [0.05, 0.1) is 31.0 Å². The molecule has 8 heteroatoms. The Hall–Kier alpha value is -3.26. The van der Waals surface area contributed by atoms with Gasteiger partial charge in [0, 0.05) is 18.5 Å². The van der Waals surface area contributed by atoms with Crippen molar-refractivity contribution in [2.24, 2.45) is 0 Å². The Bertz CT molecular complexity index is 1190. The Labute approximate surface area is 184 Å². The molecule has 2 saturated heterocycles. The number of hydrogen-bond donors (Lipinski definition) is 1. The first kappa shape index (κ1) is 20.6. The van der Waals surface area contributed by atoms with Gasteiger partial charge in [0.1, 0.15) is 11.9 Å². The molecule has 2 aliphatic heterocycles. The van der Waals surface area contributed by atoms with Gasteiger partial charge in [-0.05, 0) is 47.4 Å². The molecular formula is C24H24F2N4O2. The molecule has 3 heterocycles. The largest absolute Gasteiger partial charge is 0.382 e. The van der Waals surface area contributed by atoms with Crippen LogP contribution in [0.4, 0.5) is 20.3 Å². The summed E-state index contributed by atoms with van der Waals surface area (Å²) in [4.78, 5) is 19.2. The van der Waals surface area contributed by atoms with Gasteiger partial charge < -0.3 is 20.3 Å². The summed E-state index contributed by atoms with van der Waals surface area (Å²) >= 11 is 0. The van der Waals surface area contributed by atoms with E-state index in [-0.39, 0.29) is 0 Å². The van der Waals surface area contributed by atoms with Crippen LogP contribution in [0.1, 0.15) is 17.2 Å². The molecule has 2 aromatic carbocycles. The molecule has 166 valence electrons. The van der Waals surface area contributed by atoms with E-state index in [0.29, 0.717) is 31.0 Å². The average molecular weight is 438 g/mol. The number of carbonyl (C=O) groups excluding carboxylic acids is 1. The average Bonchev–Trinajstić information content (AvgIpc) is 2.77. The number of morpholine rings is 1. The Morgan fingerprint density at radius 1 is 1.19 bits per heavy atom. The van der Waals surface area contributed by atoms with Crippen LogP contribution >= 0.6 is 0 Å². The lowest BCUT2D eigenvalue weighted by atomic mass is 9.84. The topological polar surface area (TPSA) is 71.7 Å². The monoisotopic (exact) mass is 438 g/mol. The summed E-state index contributed by atoms with van der Waals surface area (Å²) in [7, 11) is 0. The van der Waals surface area contributed by atoms with Crippen LogP contribution in [-0.4, -0.2) is 55.1 Å². The number of nitrogens with zero attached hydrogens (tertiary/aromatic N) is 3. The van der Waals surface area contributed by atoms with Gasteiger partial charge in [-0.25, -0.2) is 13.8 Å². The Morgan fingerprint density at radius 2 is 1.97 bits per heavy atom. The molecule has 0 radical (unpaired) electrons. The van der Waals surface area contributed by atoms with Crippen molar-refractivity contribution in [3.63, 3.8) is 0 Å². The number of rotatable bonds is 4. The Morgan fingerprint density at radius 3 is 2.69 bits per heavy atom. The maximum absolute atomic E-state index is 14.5. The number of anilines is 2. The number of likely N-dealkylation sites (tertiary alicyclic amines) is 1. The van der Waals surface area contributed by atoms with Gasteiger partial charge in [0.2, 0.25) is 6.41 Å². The Kier molecular flexibility index (Phi) is 4.97. The normalized spacial score (nSPS) is 20.3. The van der Waals surface area contributed by atoms with Crippen LogP contribution in [0.5, 0.6) is 0 Å². The predicted octanol–water partition coefficient (Wildman–Crippen LogP) is 3.78. The van der Waals surface area contributed by atoms with E-state index in [2.05, 4.69) is 9.88 Å². The van der Waals surface area contributed by atoms with E-state index in [4.69, 9.17) is 10.5 Å². The van der Waals surface area contributed by atoms with Gasteiger partial charge in [-0.15, -0.1) is 0 Å². The number of benzene rings is 2. The first-order valence-corrected chi connectivity index (χ1v) is 10.6. The summed E-state index contributed by atoms with van der Waals surface area (Å²) in [6, 6.07) is 11.8. The zero-order valence-electron chi connectivity index (χ0n) is 17.7. The maximum Gasteiger partial charge on any atom is 0.289 e. The van der Waals surface area contributed by atoms with E-state index in [0.717, 1.165) is 51.3 Å². The number of pyridine rings is 1. The highest BCUT2D eigenvalue weighted by Crippen LogP contribution is 2.48. The highest BCUT2D eigenvalue weighted by Gasteiger charge is 2.55. The lowest BCUT2D eigenvalue weighted by Gasteiger charge is -2.46. The van der Waals surface area contributed by atoms with Gasteiger partial charge in [-0.2, -0.15) is 0 Å². The number of fused-ring (bicyclic) bond motifs is 1.